The predicted octanol–water partition coefficient (Wildman–Crippen LogP) is 3.71. The number of nitrogens with one attached hydrogen (secondary N) is 2. The molecular formula is C21H30ClN3O. The Morgan fingerprint density at radius 2 is 2.00 bits per heavy atom. The molecule has 1 aromatic heterocycles. The molecule has 0 spiro atoms. The maximum Gasteiger partial charge on any atom is 0.223 e. The number of amides is 1. The number of halogens is 1. The molecule has 2 unspecified atom stereocenters. The van der Waals surface area contributed by atoms with Crippen LogP contribution in [0, 0.1) is 24.7 Å². The molecule has 0 radical (unpaired) electrons. The smallest absolute Gasteiger partial charge is 0.223 e. The highest BCUT2D eigenvalue weighted by molar-refractivity contribution is 5.86. The molecule has 2 atom stereocenters. The largest absolute Gasteiger partial charge is 0.361 e. The van der Waals surface area contributed by atoms with Crippen LogP contribution in [0.4, 0.5) is 0 Å². The lowest BCUT2D eigenvalue weighted by Gasteiger charge is -2.43. The number of nitrogens with two attached hydrogens (primary N) is 1. The Hall–Kier alpha value is -1.52. The van der Waals surface area contributed by atoms with Gasteiger partial charge in [-0.05, 0) is 62.0 Å². The lowest BCUT2D eigenvalue weighted by molar-refractivity contribution is -0.127. The van der Waals surface area contributed by atoms with Crippen LogP contribution in [0.2, 0.25) is 0 Å². The van der Waals surface area contributed by atoms with Gasteiger partial charge < -0.3 is 16.0 Å². The molecule has 2 aromatic rings. The van der Waals surface area contributed by atoms with E-state index >= 15 is 0 Å². The van der Waals surface area contributed by atoms with Crippen LogP contribution in [0.25, 0.3) is 10.9 Å². The number of rotatable bonds is 4. The third kappa shape index (κ3) is 3.63. The summed E-state index contributed by atoms with van der Waals surface area (Å²) in [5, 5.41) is 4.45. The van der Waals surface area contributed by atoms with E-state index in [4.69, 9.17) is 5.73 Å². The fourth-order valence-electron chi connectivity index (χ4n) is 5.04. The van der Waals surface area contributed by atoms with Crippen molar-refractivity contribution in [1.29, 1.82) is 0 Å². The van der Waals surface area contributed by atoms with Gasteiger partial charge in [-0.2, -0.15) is 0 Å². The minimum Gasteiger partial charge on any atom is -0.361 e. The van der Waals surface area contributed by atoms with Crippen LogP contribution in [0.1, 0.15) is 43.2 Å². The van der Waals surface area contributed by atoms with Gasteiger partial charge in [0.25, 0.3) is 0 Å². The molecule has 4 nitrogen and oxygen atoms in total. The van der Waals surface area contributed by atoms with Crippen molar-refractivity contribution in [2.24, 2.45) is 23.5 Å². The van der Waals surface area contributed by atoms with Crippen LogP contribution in [-0.2, 0) is 11.2 Å². The molecular weight excluding hydrogens is 346 g/mol. The molecule has 2 saturated carbocycles. The molecule has 2 aliphatic carbocycles. The molecule has 0 saturated heterocycles. The molecule has 2 aliphatic rings. The van der Waals surface area contributed by atoms with E-state index in [1.807, 2.05) is 0 Å². The van der Waals surface area contributed by atoms with Gasteiger partial charge in [-0.1, -0.05) is 24.6 Å². The topological polar surface area (TPSA) is 70.9 Å². The van der Waals surface area contributed by atoms with Gasteiger partial charge in [0.1, 0.15) is 0 Å². The average molecular weight is 376 g/mol. The SMILES string of the molecule is Cc1cccc2c(CCNC(=O)C3CC4CCCC(C3)C4N)c[nH]c12.Cl. The van der Waals surface area contributed by atoms with Gasteiger partial charge in [-0.15, -0.1) is 12.4 Å². The van der Waals surface area contributed by atoms with Crippen molar-refractivity contribution in [1.82, 2.24) is 10.3 Å². The summed E-state index contributed by atoms with van der Waals surface area (Å²) in [6.45, 7) is 2.83. The van der Waals surface area contributed by atoms with Gasteiger partial charge in [0.15, 0.2) is 0 Å². The molecule has 5 heteroatoms. The van der Waals surface area contributed by atoms with E-state index in [-0.39, 0.29) is 24.2 Å². The fourth-order valence-corrected chi connectivity index (χ4v) is 5.04. The first kappa shape index (κ1) is 19.2. The molecule has 4 rings (SSSR count). The minimum absolute atomic E-state index is 0. The summed E-state index contributed by atoms with van der Waals surface area (Å²) in [7, 11) is 0. The maximum atomic E-state index is 12.6. The number of aryl methyl sites for hydroxylation is 1. The average Bonchev–Trinajstić information content (AvgIpc) is 2.99. The second-order valence-corrected chi connectivity index (χ2v) is 8.05. The number of benzene rings is 1. The first-order chi connectivity index (χ1) is 12.1. The molecule has 142 valence electrons. The number of carbonyl (C=O) groups is 1. The van der Waals surface area contributed by atoms with Gasteiger partial charge in [0, 0.05) is 35.6 Å². The molecule has 2 bridgehead atoms. The van der Waals surface area contributed by atoms with E-state index in [0.717, 1.165) is 19.3 Å². The van der Waals surface area contributed by atoms with Gasteiger partial charge in [-0.3, -0.25) is 4.79 Å². The van der Waals surface area contributed by atoms with Crippen molar-refractivity contribution in [2.75, 3.05) is 6.54 Å². The van der Waals surface area contributed by atoms with Crippen LogP contribution >= 0.6 is 12.4 Å². The summed E-state index contributed by atoms with van der Waals surface area (Å²) in [6, 6.07) is 6.69. The molecule has 2 fully saturated rings. The zero-order chi connectivity index (χ0) is 17.4. The number of hydrogen-bond acceptors (Lipinski definition) is 2. The zero-order valence-corrected chi connectivity index (χ0v) is 16.3. The molecule has 1 amide bonds. The Balaban J connectivity index is 0.00000196. The van der Waals surface area contributed by atoms with E-state index in [2.05, 4.69) is 41.6 Å². The monoisotopic (exact) mass is 375 g/mol. The number of hydrogen-bond donors (Lipinski definition) is 3. The quantitative estimate of drug-likeness (QED) is 0.762. The normalized spacial score (nSPS) is 27.8. The van der Waals surface area contributed by atoms with Crippen LogP contribution in [0.5, 0.6) is 0 Å². The Bertz CT molecular complexity index is 758. The minimum atomic E-state index is 0. The molecule has 0 aliphatic heterocycles. The summed E-state index contributed by atoms with van der Waals surface area (Å²) in [4.78, 5) is 16.0. The third-order valence-electron chi connectivity index (χ3n) is 6.49. The van der Waals surface area contributed by atoms with E-state index in [9.17, 15) is 4.79 Å². The zero-order valence-electron chi connectivity index (χ0n) is 15.5. The van der Waals surface area contributed by atoms with Crippen LogP contribution in [-0.4, -0.2) is 23.5 Å². The molecule has 1 heterocycles. The Morgan fingerprint density at radius 1 is 1.27 bits per heavy atom. The molecule has 1 aromatic carbocycles. The molecule has 4 N–H and O–H groups in total. The van der Waals surface area contributed by atoms with Crippen molar-refractivity contribution in [3.05, 3.63) is 35.5 Å². The number of aromatic amines is 1. The Morgan fingerprint density at radius 3 is 2.73 bits per heavy atom. The number of carbonyl (C=O) groups excluding carboxylic acids is 1. The maximum absolute atomic E-state index is 12.6. The van der Waals surface area contributed by atoms with Crippen molar-refractivity contribution in [2.45, 2.75) is 51.5 Å². The molecule has 26 heavy (non-hydrogen) atoms. The first-order valence-corrected chi connectivity index (χ1v) is 9.72. The van der Waals surface area contributed by atoms with Crippen LogP contribution in [0.3, 0.4) is 0 Å². The highest BCUT2D eigenvalue weighted by Gasteiger charge is 2.40. The number of H-pyrrole nitrogens is 1. The fraction of sp³-hybridized carbons (Fsp3) is 0.571. The Kier molecular flexibility index (Phi) is 5.93. The predicted molar refractivity (Wildman–Crippen MR) is 109 cm³/mol. The second-order valence-electron chi connectivity index (χ2n) is 8.05. The van der Waals surface area contributed by atoms with E-state index in [1.165, 1.54) is 41.3 Å². The van der Waals surface area contributed by atoms with Gasteiger partial charge in [-0.25, -0.2) is 0 Å². The Labute approximate surface area is 161 Å². The third-order valence-corrected chi connectivity index (χ3v) is 6.49. The standard InChI is InChI=1S/C21H29N3O.ClH/c1-13-4-2-7-18-16(12-24-20(13)18)8-9-23-21(25)17-10-14-5-3-6-15(11-17)19(14)22;/h2,4,7,12,14-15,17,19,24H,3,5-6,8-11,22H2,1H3,(H,23,25);1H. The number of para-hydroxylation sites is 1. The van der Waals surface area contributed by atoms with E-state index < -0.39 is 0 Å². The summed E-state index contributed by atoms with van der Waals surface area (Å²) in [5.74, 6) is 1.51. The first-order valence-electron chi connectivity index (χ1n) is 9.72. The van der Waals surface area contributed by atoms with Gasteiger partial charge >= 0.3 is 0 Å². The van der Waals surface area contributed by atoms with Crippen molar-refractivity contribution < 1.29 is 4.79 Å². The van der Waals surface area contributed by atoms with Crippen molar-refractivity contribution in [3.8, 4) is 0 Å². The summed E-state index contributed by atoms with van der Waals surface area (Å²) >= 11 is 0. The van der Waals surface area contributed by atoms with Gasteiger partial charge in [0.2, 0.25) is 5.91 Å². The lowest BCUT2D eigenvalue weighted by Crippen LogP contribution is -2.49. The number of aromatic nitrogens is 1. The lowest BCUT2D eigenvalue weighted by atomic mass is 9.65. The van der Waals surface area contributed by atoms with Crippen molar-refractivity contribution in [3.63, 3.8) is 0 Å². The van der Waals surface area contributed by atoms with Crippen LogP contribution in [0.15, 0.2) is 24.4 Å². The second kappa shape index (κ2) is 8.01. The van der Waals surface area contributed by atoms with Crippen LogP contribution < -0.4 is 11.1 Å². The summed E-state index contributed by atoms with van der Waals surface area (Å²) in [5.41, 5.74) is 10.1. The van der Waals surface area contributed by atoms with E-state index in [0.29, 0.717) is 24.4 Å². The highest BCUT2D eigenvalue weighted by Crippen LogP contribution is 2.41. The highest BCUT2D eigenvalue weighted by atomic mass is 35.5. The summed E-state index contributed by atoms with van der Waals surface area (Å²) < 4.78 is 0. The van der Waals surface area contributed by atoms with E-state index in [1.54, 1.807) is 0 Å². The summed E-state index contributed by atoms with van der Waals surface area (Å²) in [6.07, 6.45) is 8.61. The number of fused-ring (bicyclic) bond motifs is 3. The van der Waals surface area contributed by atoms with Crippen molar-refractivity contribution >= 4 is 29.2 Å². The van der Waals surface area contributed by atoms with Gasteiger partial charge in [0.05, 0.1) is 0 Å².